The van der Waals surface area contributed by atoms with Gasteiger partial charge in [0.25, 0.3) is 0 Å². The summed E-state index contributed by atoms with van der Waals surface area (Å²) in [6, 6.07) is 0. The number of carbonyl (C=O) groups is 2. The van der Waals surface area contributed by atoms with Gasteiger partial charge in [0.2, 0.25) is 5.91 Å². The molecule has 0 bridgehead atoms. The van der Waals surface area contributed by atoms with Crippen molar-refractivity contribution in [1.82, 2.24) is 4.90 Å². The van der Waals surface area contributed by atoms with E-state index in [0.29, 0.717) is 19.5 Å². The molecule has 1 fully saturated rings. The second kappa shape index (κ2) is 4.79. The minimum atomic E-state index is -0.206. The summed E-state index contributed by atoms with van der Waals surface area (Å²) < 4.78 is 4.57. The summed E-state index contributed by atoms with van der Waals surface area (Å²) in [6.07, 6.45) is 2.58. The average Bonchev–Trinajstić information content (AvgIpc) is 2.65. The maximum Gasteiger partial charge on any atom is 0.305 e. The number of hydrogen-bond donors (Lipinski definition) is 0. The molecule has 0 aromatic carbocycles. The number of esters is 1. The Kier molecular flexibility index (Phi) is 3.68. The number of amides is 1. The maximum atomic E-state index is 11.2. The third-order valence-electron chi connectivity index (χ3n) is 2.46. The Bertz CT molecular complexity index is 250. The van der Waals surface area contributed by atoms with E-state index < -0.39 is 0 Å². The molecular formula is C10H15NO3. The highest BCUT2D eigenvalue weighted by Crippen LogP contribution is 2.19. The largest absolute Gasteiger partial charge is 0.469 e. The third-order valence-corrected chi connectivity index (χ3v) is 2.46. The molecule has 1 heterocycles. The van der Waals surface area contributed by atoms with Gasteiger partial charge in [0, 0.05) is 13.1 Å². The zero-order valence-corrected chi connectivity index (χ0v) is 8.36. The van der Waals surface area contributed by atoms with Crippen LogP contribution in [0.25, 0.3) is 0 Å². The molecular weight excluding hydrogens is 182 g/mol. The molecule has 1 atom stereocenters. The van der Waals surface area contributed by atoms with Crippen LogP contribution in [0.5, 0.6) is 0 Å². The van der Waals surface area contributed by atoms with Crippen LogP contribution in [0.15, 0.2) is 12.7 Å². The third kappa shape index (κ3) is 2.58. The van der Waals surface area contributed by atoms with Crippen LogP contribution in [0.3, 0.4) is 0 Å². The van der Waals surface area contributed by atoms with Gasteiger partial charge in [0.15, 0.2) is 0 Å². The molecule has 4 nitrogen and oxygen atoms in total. The lowest BCUT2D eigenvalue weighted by Gasteiger charge is -2.13. The van der Waals surface area contributed by atoms with Gasteiger partial charge in [-0.2, -0.15) is 0 Å². The van der Waals surface area contributed by atoms with Crippen molar-refractivity contribution < 1.29 is 14.3 Å². The van der Waals surface area contributed by atoms with E-state index in [1.54, 1.807) is 4.90 Å². The van der Waals surface area contributed by atoms with Crippen molar-refractivity contribution in [2.24, 2.45) is 5.92 Å². The smallest absolute Gasteiger partial charge is 0.305 e. The van der Waals surface area contributed by atoms with Crippen molar-refractivity contribution in [1.29, 1.82) is 0 Å². The van der Waals surface area contributed by atoms with Crippen LogP contribution in [0.1, 0.15) is 12.8 Å². The zero-order valence-electron chi connectivity index (χ0n) is 8.36. The van der Waals surface area contributed by atoms with E-state index in [1.165, 1.54) is 13.2 Å². The number of hydrogen-bond acceptors (Lipinski definition) is 3. The second-order valence-electron chi connectivity index (χ2n) is 3.42. The Labute approximate surface area is 83.5 Å². The standard InChI is InChI=1S/C10H15NO3/c1-3-9(12)11-5-4-8(7-11)6-10(13)14-2/h3,8H,1,4-7H2,2H3. The molecule has 0 saturated carbocycles. The van der Waals surface area contributed by atoms with Gasteiger partial charge < -0.3 is 9.64 Å². The summed E-state index contributed by atoms with van der Waals surface area (Å²) in [7, 11) is 1.38. The molecule has 0 spiro atoms. The van der Waals surface area contributed by atoms with Crippen LogP contribution in [0.2, 0.25) is 0 Å². The topological polar surface area (TPSA) is 46.6 Å². The van der Waals surface area contributed by atoms with Gasteiger partial charge in [-0.1, -0.05) is 6.58 Å². The van der Waals surface area contributed by atoms with E-state index in [2.05, 4.69) is 11.3 Å². The molecule has 14 heavy (non-hydrogen) atoms. The summed E-state index contributed by atoms with van der Waals surface area (Å²) >= 11 is 0. The van der Waals surface area contributed by atoms with E-state index in [-0.39, 0.29) is 17.8 Å². The predicted molar refractivity (Wildman–Crippen MR) is 51.5 cm³/mol. The molecule has 0 aromatic heterocycles. The van der Waals surface area contributed by atoms with E-state index in [0.717, 1.165) is 6.42 Å². The monoisotopic (exact) mass is 197 g/mol. The van der Waals surface area contributed by atoms with Crippen molar-refractivity contribution >= 4 is 11.9 Å². The molecule has 1 rings (SSSR count). The molecule has 1 unspecified atom stereocenters. The molecule has 78 valence electrons. The Morgan fingerprint density at radius 1 is 1.64 bits per heavy atom. The van der Waals surface area contributed by atoms with Gasteiger partial charge in [0.05, 0.1) is 13.5 Å². The molecule has 1 aliphatic rings. The minimum Gasteiger partial charge on any atom is -0.469 e. The van der Waals surface area contributed by atoms with Gasteiger partial charge in [-0.3, -0.25) is 9.59 Å². The molecule has 1 aliphatic heterocycles. The number of nitrogens with zero attached hydrogens (tertiary/aromatic N) is 1. The van der Waals surface area contributed by atoms with Gasteiger partial charge in [0.1, 0.15) is 0 Å². The molecule has 4 heteroatoms. The summed E-state index contributed by atoms with van der Waals surface area (Å²) in [4.78, 5) is 23.9. The van der Waals surface area contributed by atoms with Gasteiger partial charge >= 0.3 is 5.97 Å². The first-order valence-electron chi connectivity index (χ1n) is 4.65. The fourth-order valence-corrected chi connectivity index (χ4v) is 1.65. The van der Waals surface area contributed by atoms with Crippen LogP contribution in [-0.2, 0) is 14.3 Å². The summed E-state index contributed by atoms with van der Waals surface area (Å²) in [5, 5.41) is 0. The van der Waals surface area contributed by atoms with E-state index in [1.807, 2.05) is 0 Å². The van der Waals surface area contributed by atoms with Crippen LogP contribution < -0.4 is 0 Å². The summed E-state index contributed by atoms with van der Waals surface area (Å²) in [6.45, 7) is 4.78. The fraction of sp³-hybridized carbons (Fsp3) is 0.600. The normalized spacial score (nSPS) is 20.6. The van der Waals surface area contributed by atoms with Crippen molar-refractivity contribution in [3.05, 3.63) is 12.7 Å². The van der Waals surface area contributed by atoms with Crippen molar-refractivity contribution in [2.75, 3.05) is 20.2 Å². The number of carbonyl (C=O) groups excluding carboxylic acids is 2. The first kappa shape index (κ1) is 10.8. The molecule has 0 aromatic rings. The highest BCUT2D eigenvalue weighted by Gasteiger charge is 2.26. The lowest BCUT2D eigenvalue weighted by Crippen LogP contribution is -2.27. The lowest BCUT2D eigenvalue weighted by atomic mass is 10.1. The molecule has 0 N–H and O–H groups in total. The highest BCUT2D eigenvalue weighted by atomic mass is 16.5. The van der Waals surface area contributed by atoms with Gasteiger partial charge in [-0.05, 0) is 18.4 Å². The second-order valence-corrected chi connectivity index (χ2v) is 3.42. The highest BCUT2D eigenvalue weighted by molar-refractivity contribution is 5.87. The van der Waals surface area contributed by atoms with E-state index in [9.17, 15) is 9.59 Å². The Morgan fingerprint density at radius 2 is 2.36 bits per heavy atom. The average molecular weight is 197 g/mol. The number of ether oxygens (including phenoxy) is 1. The molecule has 0 aliphatic carbocycles. The summed E-state index contributed by atoms with van der Waals surface area (Å²) in [5.41, 5.74) is 0. The lowest BCUT2D eigenvalue weighted by molar-refractivity contribution is -0.141. The van der Waals surface area contributed by atoms with Gasteiger partial charge in [-0.25, -0.2) is 0 Å². The first-order chi connectivity index (χ1) is 6.67. The maximum absolute atomic E-state index is 11.2. The Hall–Kier alpha value is -1.32. The van der Waals surface area contributed by atoms with Crippen LogP contribution in [0.4, 0.5) is 0 Å². The molecule has 1 amide bonds. The van der Waals surface area contributed by atoms with Crippen molar-refractivity contribution in [2.45, 2.75) is 12.8 Å². The SMILES string of the molecule is C=CC(=O)N1CCC(CC(=O)OC)C1. The Balaban J connectivity index is 2.37. The molecule has 0 radical (unpaired) electrons. The van der Waals surface area contributed by atoms with E-state index >= 15 is 0 Å². The van der Waals surface area contributed by atoms with Gasteiger partial charge in [-0.15, -0.1) is 0 Å². The first-order valence-corrected chi connectivity index (χ1v) is 4.65. The zero-order chi connectivity index (χ0) is 10.6. The van der Waals surface area contributed by atoms with E-state index in [4.69, 9.17) is 0 Å². The van der Waals surface area contributed by atoms with Crippen LogP contribution in [-0.4, -0.2) is 37.0 Å². The Morgan fingerprint density at radius 3 is 2.93 bits per heavy atom. The predicted octanol–water partition coefficient (Wildman–Crippen LogP) is 0.584. The van der Waals surface area contributed by atoms with Crippen LogP contribution >= 0.6 is 0 Å². The number of likely N-dealkylation sites (tertiary alicyclic amines) is 1. The van der Waals surface area contributed by atoms with Crippen molar-refractivity contribution in [3.63, 3.8) is 0 Å². The summed E-state index contributed by atoms with van der Waals surface area (Å²) in [5.74, 6) is -0.0217. The minimum absolute atomic E-state index is 0.0580. The quantitative estimate of drug-likeness (QED) is 0.491. The molecule has 1 saturated heterocycles. The van der Waals surface area contributed by atoms with Crippen LogP contribution in [0, 0.1) is 5.92 Å². The number of rotatable bonds is 3. The van der Waals surface area contributed by atoms with Crippen molar-refractivity contribution in [3.8, 4) is 0 Å². The fourth-order valence-electron chi connectivity index (χ4n) is 1.65. The number of methoxy groups -OCH3 is 1.